The number of aliphatic imine (C=N–C) groups is 1. The molecular weight excluding hydrogens is 455 g/mol. The monoisotopic (exact) mass is 490 g/mol. The van der Waals surface area contributed by atoms with E-state index in [1.54, 1.807) is 7.05 Å². The number of nitrogens with one attached hydrogen (secondary N) is 2. The summed E-state index contributed by atoms with van der Waals surface area (Å²) in [4.78, 5) is 6.64. The van der Waals surface area contributed by atoms with Crippen molar-refractivity contribution >= 4 is 35.6 Å². The molecule has 1 fully saturated rings. The lowest BCUT2D eigenvalue weighted by Gasteiger charge is -2.28. The molecule has 0 bridgehead atoms. The van der Waals surface area contributed by atoms with E-state index in [1.165, 1.54) is 11.3 Å². The molecule has 1 aromatic carbocycles. The molecule has 154 valence electrons. The number of morpholine rings is 1. The largest absolute Gasteiger partial charge is 0.381 e. The number of hydrogen-bond acceptors (Lipinski definition) is 4. The third-order valence-corrected chi connectivity index (χ3v) is 4.21. The average molecular weight is 490 g/mol. The highest BCUT2D eigenvalue weighted by Crippen LogP contribution is 2.16. The molecule has 1 heterocycles. The first-order valence-corrected chi connectivity index (χ1v) is 9.63. The van der Waals surface area contributed by atoms with Crippen LogP contribution in [0.1, 0.15) is 25.8 Å². The van der Waals surface area contributed by atoms with Crippen LogP contribution >= 0.6 is 24.0 Å². The van der Waals surface area contributed by atoms with E-state index in [4.69, 9.17) is 9.47 Å². The molecule has 0 saturated carbocycles. The molecule has 1 saturated heterocycles. The fraction of sp³-hybridized carbons (Fsp3) is 0.650. The van der Waals surface area contributed by atoms with Gasteiger partial charge in [-0.1, -0.05) is 26.0 Å². The van der Waals surface area contributed by atoms with Crippen LogP contribution in [0.2, 0.25) is 0 Å². The average Bonchev–Trinajstić information content (AvgIpc) is 2.67. The summed E-state index contributed by atoms with van der Waals surface area (Å²) in [5.41, 5.74) is 2.51. The molecular formula is C20H35IN4O2. The van der Waals surface area contributed by atoms with Gasteiger partial charge in [0.25, 0.3) is 0 Å². The molecule has 7 heteroatoms. The number of benzene rings is 1. The smallest absolute Gasteiger partial charge is 0.191 e. The van der Waals surface area contributed by atoms with Crippen molar-refractivity contribution in [3.63, 3.8) is 0 Å². The highest BCUT2D eigenvalue weighted by Gasteiger charge is 2.10. The van der Waals surface area contributed by atoms with Crippen LogP contribution < -0.4 is 15.5 Å². The van der Waals surface area contributed by atoms with Gasteiger partial charge in [-0.25, -0.2) is 0 Å². The summed E-state index contributed by atoms with van der Waals surface area (Å²) < 4.78 is 11.0. The molecule has 1 aromatic rings. The third kappa shape index (κ3) is 9.62. The number of ether oxygens (including phenoxy) is 2. The Bertz CT molecular complexity index is 531. The molecule has 0 radical (unpaired) electrons. The van der Waals surface area contributed by atoms with Crippen LogP contribution in [0.15, 0.2) is 29.3 Å². The Morgan fingerprint density at radius 2 is 1.89 bits per heavy atom. The van der Waals surface area contributed by atoms with Gasteiger partial charge in [-0.3, -0.25) is 4.99 Å². The minimum atomic E-state index is 0. The van der Waals surface area contributed by atoms with Crippen molar-refractivity contribution in [3.8, 4) is 0 Å². The summed E-state index contributed by atoms with van der Waals surface area (Å²) in [7, 11) is 1.80. The van der Waals surface area contributed by atoms with Crippen molar-refractivity contribution in [2.45, 2.75) is 26.8 Å². The lowest BCUT2D eigenvalue weighted by atomic mass is 10.2. The summed E-state index contributed by atoms with van der Waals surface area (Å²) in [6.07, 6.45) is 0.974. The molecule has 0 unspecified atom stereocenters. The van der Waals surface area contributed by atoms with E-state index in [0.717, 1.165) is 65.0 Å². The Morgan fingerprint density at radius 1 is 1.19 bits per heavy atom. The Kier molecular flexibility index (Phi) is 12.4. The Labute approximate surface area is 181 Å². The van der Waals surface area contributed by atoms with Gasteiger partial charge in [0.2, 0.25) is 0 Å². The predicted octanol–water partition coefficient (Wildman–Crippen LogP) is 2.87. The summed E-state index contributed by atoms with van der Waals surface area (Å²) in [5, 5.41) is 6.69. The van der Waals surface area contributed by atoms with Gasteiger partial charge in [0.1, 0.15) is 0 Å². The Hall–Kier alpha value is -1.06. The molecule has 1 aliphatic heterocycles. The van der Waals surface area contributed by atoms with E-state index in [-0.39, 0.29) is 24.0 Å². The number of anilines is 1. The molecule has 27 heavy (non-hydrogen) atoms. The van der Waals surface area contributed by atoms with Crippen LogP contribution in [0, 0.1) is 5.92 Å². The molecule has 1 aliphatic rings. The molecule has 0 aromatic heterocycles. The minimum Gasteiger partial charge on any atom is -0.381 e. The lowest BCUT2D eigenvalue weighted by Crippen LogP contribution is -2.37. The Balaban J connectivity index is 0.00000364. The predicted molar refractivity (Wildman–Crippen MR) is 123 cm³/mol. The van der Waals surface area contributed by atoms with Crippen molar-refractivity contribution in [2.75, 3.05) is 58.0 Å². The van der Waals surface area contributed by atoms with Gasteiger partial charge in [0, 0.05) is 52.1 Å². The van der Waals surface area contributed by atoms with Gasteiger partial charge >= 0.3 is 0 Å². The number of rotatable bonds is 9. The van der Waals surface area contributed by atoms with Gasteiger partial charge in [-0.05, 0) is 30.0 Å². The highest BCUT2D eigenvalue weighted by molar-refractivity contribution is 14.0. The fourth-order valence-electron chi connectivity index (χ4n) is 2.75. The first-order valence-electron chi connectivity index (χ1n) is 9.63. The molecule has 6 nitrogen and oxygen atoms in total. The SMILES string of the molecule is CN=C(NCCCOCC(C)C)NCc1ccc(N2CCOCC2)cc1.I. The van der Waals surface area contributed by atoms with E-state index in [9.17, 15) is 0 Å². The standard InChI is InChI=1S/C20H34N4O2.HI/c1-17(2)16-26-12-4-9-22-20(21-3)23-15-18-5-7-19(8-6-18)24-10-13-25-14-11-24;/h5-8,17H,4,9-16H2,1-3H3,(H2,21,22,23);1H. The summed E-state index contributed by atoms with van der Waals surface area (Å²) in [6, 6.07) is 8.71. The second kappa shape index (κ2) is 14.0. The van der Waals surface area contributed by atoms with Gasteiger partial charge in [-0.2, -0.15) is 0 Å². The van der Waals surface area contributed by atoms with Crippen LogP contribution in [-0.2, 0) is 16.0 Å². The van der Waals surface area contributed by atoms with E-state index >= 15 is 0 Å². The maximum absolute atomic E-state index is 5.59. The molecule has 0 atom stereocenters. The number of guanidine groups is 1. The maximum atomic E-state index is 5.59. The van der Waals surface area contributed by atoms with Gasteiger partial charge in [-0.15, -0.1) is 24.0 Å². The minimum absolute atomic E-state index is 0. The normalized spacial score (nSPS) is 14.8. The van der Waals surface area contributed by atoms with Crippen molar-refractivity contribution in [1.82, 2.24) is 10.6 Å². The summed E-state index contributed by atoms with van der Waals surface area (Å²) in [6.45, 7) is 11.1. The first kappa shape index (κ1) is 24.0. The number of nitrogens with zero attached hydrogens (tertiary/aromatic N) is 2. The van der Waals surface area contributed by atoms with Crippen LogP contribution in [0.3, 0.4) is 0 Å². The second-order valence-corrected chi connectivity index (χ2v) is 6.94. The number of halogens is 1. The van der Waals surface area contributed by atoms with Gasteiger partial charge in [0.15, 0.2) is 5.96 Å². The molecule has 2 rings (SSSR count). The zero-order chi connectivity index (χ0) is 18.6. The van der Waals surface area contributed by atoms with E-state index in [2.05, 4.69) is 58.6 Å². The Morgan fingerprint density at radius 3 is 2.52 bits per heavy atom. The maximum Gasteiger partial charge on any atom is 0.191 e. The van der Waals surface area contributed by atoms with Crippen molar-refractivity contribution in [3.05, 3.63) is 29.8 Å². The second-order valence-electron chi connectivity index (χ2n) is 6.94. The van der Waals surface area contributed by atoms with Crippen molar-refractivity contribution < 1.29 is 9.47 Å². The zero-order valence-electron chi connectivity index (χ0n) is 16.9. The van der Waals surface area contributed by atoms with Crippen molar-refractivity contribution in [2.24, 2.45) is 10.9 Å². The highest BCUT2D eigenvalue weighted by atomic mass is 127. The quantitative estimate of drug-likeness (QED) is 0.241. The van der Waals surface area contributed by atoms with Crippen LogP contribution in [-0.4, -0.2) is 59.1 Å². The van der Waals surface area contributed by atoms with E-state index < -0.39 is 0 Å². The summed E-state index contributed by atoms with van der Waals surface area (Å²) in [5.74, 6) is 1.41. The van der Waals surface area contributed by atoms with Gasteiger partial charge in [0.05, 0.1) is 13.2 Å². The molecule has 0 amide bonds. The fourth-order valence-corrected chi connectivity index (χ4v) is 2.75. The molecule has 2 N–H and O–H groups in total. The van der Waals surface area contributed by atoms with E-state index in [0.29, 0.717) is 5.92 Å². The van der Waals surface area contributed by atoms with E-state index in [1.807, 2.05) is 0 Å². The molecule has 0 spiro atoms. The summed E-state index contributed by atoms with van der Waals surface area (Å²) >= 11 is 0. The third-order valence-electron chi connectivity index (χ3n) is 4.21. The van der Waals surface area contributed by atoms with Crippen molar-refractivity contribution in [1.29, 1.82) is 0 Å². The molecule has 0 aliphatic carbocycles. The zero-order valence-corrected chi connectivity index (χ0v) is 19.2. The van der Waals surface area contributed by atoms with Crippen LogP contribution in [0.4, 0.5) is 5.69 Å². The van der Waals surface area contributed by atoms with Crippen LogP contribution in [0.25, 0.3) is 0 Å². The first-order chi connectivity index (χ1) is 12.7. The lowest BCUT2D eigenvalue weighted by molar-refractivity contribution is 0.108. The van der Waals surface area contributed by atoms with Crippen LogP contribution in [0.5, 0.6) is 0 Å². The van der Waals surface area contributed by atoms with Gasteiger partial charge < -0.3 is 25.0 Å². The number of hydrogen-bond donors (Lipinski definition) is 2. The topological polar surface area (TPSA) is 58.1 Å².